The Labute approximate surface area is 175 Å². The Hall–Kier alpha value is -2.81. The molecule has 11 heteroatoms. The van der Waals surface area contributed by atoms with E-state index in [2.05, 4.69) is 26.2 Å². The normalized spacial score (nSPS) is 23.6. The number of imidazole rings is 1. The number of halogens is 2. The van der Waals surface area contributed by atoms with Crippen molar-refractivity contribution in [3.8, 4) is 12.3 Å². The molecule has 9 nitrogen and oxygen atoms in total. The van der Waals surface area contributed by atoms with Crippen molar-refractivity contribution in [2.45, 2.75) is 24.5 Å². The van der Waals surface area contributed by atoms with Gasteiger partial charge in [0.15, 0.2) is 23.2 Å². The van der Waals surface area contributed by atoms with Crippen molar-refractivity contribution < 1.29 is 24.1 Å². The number of nitrogens with one attached hydrogen (secondary N) is 1. The van der Waals surface area contributed by atoms with Crippen molar-refractivity contribution in [2.75, 3.05) is 18.5 Å². The number of rotatable bonds is 6. The zero-order valence-electron chi connectivity index (χ0n) is 15.4. The Balaban J connectivity index is 1.61. The smallest absolute Gasteiger partial charge is 0.167 e. The number of benzene rings is 1. The third-order valence-electron chi connectivity index (χ3n) is 4.62. The van der Waals surface area contributed by atoms with Crippen LogP contribution < -0.4 is 5.32 Å². The van der Waals surface area contributed by atoms with Gasteiger partial charge in [-0.2, -0.15) is 0 Å². The van der Waals surface area contributed by atoms with Gasteiger partial charge in [0.05, 0.1) is 18.6 Å². The second kappa shape index (κ2) is 8.51. The number of hydrogen-bond donors (Lipinski definition) is 3. The van der Waals surface area contributed by atoms with Gasteiger partial charge in [-0.25, -0.2) is 19.3 Å². The Kier molecular flexibility index (Phi) is 5.80. The van der Waals surface area contributed by atoms with E-state index in [-0.39, 0.29) is 29.7 Å². The van der Waals surface area contributed by atoms with Crippen LogP contribution in [-0.2, 0) is 9.47 Å². The van der Waals surface area contributed by atoms with Crippen LogP contribution in [0.25, 0.3) is 11.2 Å². The first kappa shape index (κ1) is 20.5. The van der Waals surface area contributed by atoms with Crippen LogP contribution in [0.4, 0.5) is 15.9 Å². The molecule has 3 aromatic rings. The van der Waals surface area contributed by atoms with E-state index in [1.54, 1.807) is 0 Å². The summed E-state index contributed by atoms with van der Waals surface area (Å²) in [6.07, 6.45) is 3.63. The molecule has 2 aromatic heterocycles. The van der Waals surface area contributed by atoms with E-state index < -0.39 is 30.4 Å². The summed E-state index contributed by atoms with van der Waals surface area (Å²) in [5.41, 5.74) is 0.805. The van der Waals surface area contributed by atoms with Crippen LogP contribution in [0.5, 0.6) is 0 Å². The van der Waals surface area contributed by atoms with E-state index in [1.807, 2.05) is 0 Å². The molecule has 0 saturated carbocycles. The molecule has 1 aliphatic heterocycles. The van der Waals surface area contributed by atoms with Gasteiger partial charge in [-0.3, -0.25) is 4.57 Å². The molecule has 4 rings (SSSR count). The van der Waals surface area contributed by atoms with Gasteiger partial charge in [0.25, 0.3) is 0 Å². The van der Waals surface area contributed by atoms with E-state index in [4.69, 9.17) is 27.5 Å². The second-order valence-corrected chi connectivity index (χ2v) is 7.00. The predicted molar refractivity (Wildman–Crippen MR) is 106 cm³/mol. The molecule has 0 aliphatic carbocycles. The predicted octanol–water partition coefficient (Wildman–Crippen LogP) is 1.63. The number of aliphatic hydroxyl groups is 2. The van der Waals surface area contributed by atoms with Crippen LogP contribution in [0, 0.1) is 18.2 Å². The highest BCUT2D eigenvalue weighted by molar-refractivity contribution is 6.30. The maximum Gasteiger partial charge on any atom is 0.167 e. The third kappa shape index (κ3) is 3.81. The molecular weight excluding hydrogens is 417 g/mol. The Bertz CT molecular complexity index is 1100. The van der Waals surface area contributed by atoms with E-state index in [1.165, 1.54) is 35.4 Å². The van der Waals surface area contributed by atoms with Crippen molar-refractivity contribution in [2.24, 2.45) is 0 Å². The molecule has 1 aliphatic rings. The van der Waals surface area contributed by atoms with Crippen molar-refractivity contribution in [3.05, 3.63) is 41.7 Å². The summed E-state index contributed by atoms with van der Waals surface area (Å²) in [5, 5.41) is 23.8. The lowest BCUT2D eigenvalue weighted by Gasteiger charge is -2.16. The van der Waals surface area contributed by atoms with E-state index in [9.17, 15) is 14.6 Å². The lowest BCUT2D eigenvalue weighted by Crippen LogP contribution is -2.33. The van der Waals surface area contributed by atoms with Crippen molar-refractivity contribution in [3.63, 3.8) is 0 Å². The molecule has 0 amide bonds. The van der Waals surface area contributed by atoms with Gasteiger partial charge in [0.2, 0.25) is 0 Å². The van der Waals surface area contributed by atoms with Gasteiger partial charge in [-0.05, 0) is 18.2 Å². The number of aromatic nitrogens is 4. The first-order chi connectivity index (χ1) is 14.5. The third-order valence-corrected chi connectivity index (χ3v) is 4.86. The minimum absolute atomic E-state index is 0.0171. The van der Waals surface area contributed by atoms with Gasteiger partial charge in [0, 0.05) is 5.02 Å². The molecule has 156 valence electrons. The highest BCUT2D eigenvalue weighted by Crippen LogP contribution is 2.33. The fourth-order valence-electron chi connectivity index (χ4n) is 3.18. The SMILES string of the molecule is C#CCOC[C@H]1O[C@@H](n2cnc3c(Nc4ccc(Cl)cc4F)ncnc32)[C@H](O)[C@@H]1O. The number of fused-ring (bicyclic) bond motifs is 1. The largest absolute Gasteiger partial charge is 0.387 e. The van der Waals surface area contributed by atoms with Crippen molar-refractivity contribution in [1.82, 2.24) is 19.5 Å². The average molecular weight is 434 g/mol. The van der Waals surface area contributed by atoms with Gasteiger partial charge in [0.1, 0.15) is 37.1 Å². The zero-order chi connectivity index (χ0) is 21.3. The van der Waals surface area contributed by atoms with E-state index >= 15 is 0 Å². The fraction of sp³-hybridized carbons (Fsp3) is 0.316. The summed E-state index contributed by atoms with van der Waals surface area (Å²) in [6, 6.07) is 4.19. The zero-order valence-corrected chi connectivity index (χ0v) is 16.2. The van der Waals surface area contributed by atoms with Gasteiger partial charge < -0.3 is 25.0 Å². The van der Waals surface area contributed by atoms with Crippen LogP contribution in [0.15, 0.2) is 30.9 Å². The van der Waals surface area contributed by atoms with Gasteiger partial charge in [-0.15, -0.1) is 6.42 Å². The molecule has 4 atom stereocenters. The molecule has 1 saturated heterocycles. The summed E-state index contributed by atoms with van der Waals surface area (Å²) in [7, 11) is 0. The maximum absolute atomic E-state index is 14.1. The lowest BCUT2D eigenvalue weighted by atomic mass is 10.1. The highest BCUT2D eigenvalue weighted by atomic mass is 35.5. The average Bonchev–Trinajstić information content (AvgIpc) is 3.27. The van der Waals surface area contributed by atoms with Crippen molar-refractivity contribution >= 4 is 34.3 Å². The Morgan fingerprint density at radius 3 is 2.90 bits per heavy atom. The van der Waals surface area contributed by atoms with Crippen LogP contribution in [0.3, 0.4) is 0 Å². The summed E-state index contributed by atoms with van der Waals surface area (Å²) >= 11 is 5.78. The molecule has 0 unspecified atom stereocenters. The van der Waals surface area contributed by atoms with Crippen LogP contribution in [0.1, 0.15) is 6.23 Å². The minimum atomic E-state index is -1.25. The first-order valence-electron chi connectivity index (χ1n) is 8.92. The second-order valence-electron chi connectivity index (χ2n) is 6.56. The summed E-state index contributed by atoms with van der Waals surface area (Å²) in [5.74, 6) is 2.02. The number of anilines is 2. The number of aliphatic hydroxyl groups excluding tert-OH is 2. The standard InChI is InChI=1S/C19H17ClFN5O4/c1-2-5-29-7-13-15(27)16(28)19(30-13)26-9-24-14-17(22-8-23-18(14)26)25-12-4-3-10(20)6-11(12)21/h1,3-4,6,8-9,13,15-16,19,27-28H,5,7H2,(H,22,23,25)/t13-,15-,16-,19-/m1/s1. The number of terminal acetylenes is 1. The first-order valence-corrected chi connectivity index (χ1v) is 9.30. The Morgan fingerprint density at radius 1 is 1.30 bits per heavy atom. The molecule has 1 aromatic carbocycles. The lowest BCUT2D eigenvalue weighted by molar-refractivity contribution is -0.0615. The molecule has 3 N–H and O–H groups in total. The molecule has 30 heavy (non-hydrogen) atoms. The summed E-state index contributed by atoms with van der Waals surface area (Å²) in [6.45, 7) is 0.0774. The fourth-order valence-corrected chi connectivity index (χ4v) is 3.34. The minimum Gasteiger partial charge on any atom is -0.387 e. The van der Waals surface area contributed by atoms with Crippen LogP contribution in [0.2, 0.25) is 5.02 Å². The van der Waals surface area contributed by atoms with Crippen LogP contribution in [-0.4, -0.2) is 61.3 Å². The summed E-state index contributed by atoms with van der Waals surface area (Å²) in [4.78, 5) is 12.6. The van der Waals surface area contributed by atoms with E-state index in [0.717, 1.165) is 0 Å². The number of hydrogen-bond acceptors (Lipinski definition) is 8. The maximum atomic E-state index is 14.1. The quantitative estimate of drug-likeness (QED) is 0.397. The molecular formula is C19H17ClFN5O4. The Morgan fingerprint density at radius 2 is 2.13 bits per heavy atom. The van der Waals surface area contributed by atoms with Crippen LogP contribution >= 0.6 is 11.6 Å². The van der Waals surface area contributed by atoms with Crippen molar-refractivity contribution in [1.29, 1.82) is 0 Å². The number of nitrogens with zero attached hydrogens (tertiary/aromatic N) is 4. The summed E-state index contributed by atoms with van der Waals surface area (Å²) < 4.78 is 26.6. The highest BCUT2D eigenvalue weighted by Gasteiger charge is 2.44. The van der Waals surface area contributed by atoms with Gasteiger partial charge >= 0.3 is 0 Å². The monoisotopic (exact) mass is 433 g/mol. The topological polar surface area (TPSA) is 115 Å². The van der Waals surface area contributed by atoms with E-state index in [0.29, 0.717) is 11.2 Å². The molecule has 0 bridgehead atoms. The molecule has 0 spiro atoms. The molecule has 0 radical (unpaired) electrons. The van der Waals surface area contributed by atoms with Gasteiger partial charge in [-0.1, -0.05) is 17.5 Å². The number of ether oxygens (including phenoxy) is 2. The molecule has 3 heterocycles. The molecule has 1 fully saturated rings.